The lowest BCUT2D eigenvalue weighted by Gasteiger charge is -2.35. The summed E-state index contributed by atoms with van der Waals surface area (Å²) in [5.74, 6) is -0.982. The summed E-state index contributed by atoms with van der Waals surface area (Å²) in [7, 11) is -3.79. The largest absolute Gasteiger partial charge is 0.369 e. The fourth-order valence-electron chi connectivity index (χ4n) is 2.52. The quantitative estimate of drug-likeness (QED) is 0.899. The van der Waals surface area contributed by atoms with Crippen molar-refractivity contribution in [2.45, 2.75) is 30.7 Å². The van der Waals surface area contributed by atoms with Crippen LogP contribution in [-0.4, -0.2) is 31.2 Å². The molecule has 22 heavy (non-hydrogen) atoms. The fraction of sp³-hybridized carbons (Fsp3) is 0.429. The van der Waals surface area contributed by atoms with Gasteiger partial charge in [-0.15, -0.1) is 0 Å². The Morgan fingerprint density at radius 3 is 2.68 bits per heavy atom. The molecule has 2 N–H and O–H groups in total. The molecule has 118 valence electrons. The second-order valence-corrected chi connectivity index (χ2v) is 7.65. The predicted molar refractivity (Wildman–Crippen MR) is 81.4 cm³/mol. The molecule has 1 fully saturated rings. The number of carbonyl (C=O) groups is 1. The fourth-order valence-corrected chi connectivity index (χ4v) is 4.54. The van der Waals surface area contributed by atoms with Crippen LogP contribution in [0, 0.1) is 17.2 Å². The van der Waals surface area contributed by atoms with Crippen molar-refractivity contribution in [1.82, 2.24) is 4.31 Å². The minimum Gasteiger partial charge on any atom is -0.369 e. The number of hydrogen-bond acceptors (Lipinski definition) is 4. The van der Waals surface area contributed by atoms with E-state index < -0.39 is 21.8 Å². The summed E-state index contributed by atoms with van der Waals surface area (Å²) in [5.41, 5.74) is 5.51. The van der Waals surface area contributed by atoms with Gasteiger partial charge in [0.1, 0.15) is 6.07 Å². The third kappa shape index (κ3) is 3.09. The Bertz CT molecular complexity index is 742. The topological polar surface area (TPSA) is 104 Å². The summed E-state index contributed by atoms with van der Waals surface area (Å²) in [5, 5.41) is 8.94. The van der Waals surface area contributed by atoms with Crippen molar-refractivity contribution in [1.29, 1.82) is 5.26 Å². The Kier molecular flexibility index (Phi) is 4.75. The molecule has 6 nitrogen and oxygen atoms in total. The summed E-state index contributed by atoms with van der Waals surface area (Å²) >= 11 is 5.91. The van der Waals surface area contributed by atoms with E-state index in [1.165, 1.54) is 22.5 Å². The van der Waals surface area contributed by atoms with Gasteiger partial charge in [0.25, 0.3) is 0 Å². The molecular weight excluding hydrogens is 326 g/mol. The van der Waals surface area contributed by atoms with Gasteiger partial charge in [-0.3, -0.25) is 4.79 Å². The van der Waals surface area contributed by atoms with E-state index in [9.17, 15) is 13.2 Å². The highest BCUT2D eigenvalue weighted by Gasteiger charge is 2.36. The van der Waals surface area contributed by atoms with Crippen molar-refractivity contribution in [3.05, 3.63) is 28.8 Å². The molecule has 8 heteroatoms. The zero-order valence-electron chi connectivity index (χ0n) is 12.0. The number of rotatable bonds is 3. The Balaban J connectivity index is 2.38. The van der Waals surface area contributed by atoms with Crippen molar-refractivity contribution in [3.63, 3.8) is 0 Å². The Hall–Kier alpha value is -1.62. The van der Waals surface area contributed by atoms with Crippen molar-refractivity contribution in [2.24, 2.45) is 11.7 Å². The minimum absolute atomic E-state index is 0.00784. The highest BCUT2D eigenvalue weighted by molar-refractivity contribution is 7.89. The molecule has 0 radical (unpaired) electrons. The number of nitrogens with zero attached hydrogens (tertiary/aromatic N) is 2. The van der Waals surface area contributed by atoms with E-state index in [4.69, 9.17) is 22.6 Å². The molecule has 0 spiro atoms. The van der Waals surface area contributed by atoms with Gasteiger partial charge in [-0.05, 0) is 38.0 Å². The summed E-state index contributed by atoms with van der Waals surface area (Å²) in [6.07, 6.45) is 1.15. The van der Waals surface area contributed by atoms with Gasteiger partial charge in [0.15, 0.2) is 0 Å². The maximum absolute atomic E-state index is 12.7. The number of benzene rings is 1. The minimum atomic E-state index is -3.79. The molecule has 2 atom stereocenters. The lowest BCUT2D eigenvalue weighted by atomic mass is 9.95. The molecule has 1 aromatic carbocycles. The van der Waals surface area contributed by atoms with Crippen LogP contribution < -0.4 is 5.73 Å². The lowest BCUT2D eigenvalue weighted by molar-refractivity contribution is -0.123. The van der Waals surface area contributed by atoms with Crippen LogP contribution in [0.2, 0.25) is 5.02 Å². The van der Waals surface area contributed by atoms with Gasteiger partial charge in [-0.1, -0.05) is 11.6 Å². The highest BCUT2D eigenvalue weighted by atomic mass is 35.5. The zero-order chi connectivity index (χ0) is 16.5. The second-order valence-electron chi connectivity index (χ2n) is 5.35. The number of sulfonamides is 1. The molecule has 0 aliphatic carbocycles. The van der Waals surface area contributed by atoms with Crippen molar-refractivity contribution < 1.29 is 13.2 Å². The normalized spacial score (nSPS) is 23.0. The third-order valence-electron chi connectivity index (χ3n) is 3.89. The SMILES string of the molecule is CC1CCC(C(N)=O)CN1S(=O)(=O)c1ccc(C#N)c(Cl)c1. The number of nitrogens with two attached hydrogens (primary N) is 1. The second kappa shape index (κ2) is 6.24. The van der Waals surface area contributed by atoms with Gasteiger partial charge < -0.3 is 5.73 Å². The monoisotopic (exact) mass is 341 g/mol. The van der Waals surface area contributed by atoms with Crippen LogP contribution >= 0.6 is 11.6 Å². The van der Waals surface area contributed by atoms with Crippen LogP contribution in [0.5, 0.6) is 0 Å². The number of primary amides is 1. The van der Waals surface area contributed by atoms with E-state index >= 15 is 0 Å². The summed E-state index contributed by atoms with van der Waals surface area (Å²) in [6.45, 7) is 1.86. The van der Waals surface area contributed by atoms with E-state index in [2.05, 4.69) is 0 Å². The zero-order valence-corrected chi connectivity index (χ0v) is 13.6. The Labute approximate surface area is 134 Å². The molecule has 0 saturated carbocycles. The number of nitriles is 1. The van der Waals surface area contributed by atoms with Crippen LogP contribution in [0.1, 0.15) is 25.3 Å². The smallest absolute Gasteiger partial charge is 0.243 e. The molecule has 2 rings (SSSR count). The molecule has 0 aromatic heterocycles. The average Bonchev–Trinajstić information content (AvgIpc) is 2.47. The Morgan fingerprint density at radius 2 is 2.14 bits per heavy atom. The molecular formula is C14H16ClN3O3S. The van der Waals surface area contributed by atoms with Crippen molar-refractivity contribution in [3.8, 4) is 6.07 Å². The van der Waals surface area contributed by atoms with Gasteiger partial charge >= 0.3 is 0 Å². The molecule has 1 aliphatic heterocycles. The first-order valence-electron chi connectivity index (χ1n) is 6.78. The van der Waals surface area contributed by atoms with E-state index in [0.717, 1.165) is 0 Å². The molecule has 1 heterocycles. The maximum atomic E-state index is 12.7. The maximum Gasteiger partial charge on any atom is 0.243 e. The first-order chi connectivity index (χ1) is 10.3. The summed E-state index contributed by atoms with van der Waals surface area (Å²) in [6, 6.07) is 5.63. The summed E-state index contributed by atoms with van der Waals surface area (Å²) in [4.78, 5) is 11.4. The van der Waals surface area contributed by atoms with E-state index in [1.807, 2.05) is 6.07 Å². The highest BCUT2D eigenvalue weighted by Crippen LogP contribution is 2.29. The first-order valence-corrected chi connectivity index (χ1v) is 8.60. The van der Waals surface area contributed by atoms with Crippen LogP contribution in [0.4, 0.5) is 0 Å². The standard InChI is InChI=1S/C14H16ClN3O3S/c1-9-2-3-11(14(17)19)8-18(9)22(20,21)12-5-4-10(7-16)13(15)6-12/h4-6,9,11H,2-3,8H2,1H3,(H2,17,19). The number of hydrogen-bond donors (Lipinski definition) is 1. The first kappa shape index (κ1) is 16.7. The number of halogens is 1. The Morgan fingerprint density at radius 1 is 1.45 bits per heavy atom. The van der Waals surface area contributed by atoms with Crippen LogP contribution in [0.25, 0.3) is 0 Å². The van der Waals surface area contributed by atoms with Gasteiger partial charge in [-0.2, -0.15) is 9.57 Å². The lowest BCUT2D eigenvalue weighted by Crippen LogP contribution is -2.48. The number of carbonyl (C=O) groups excluding carboxylic acids is 1. The molecule has 1 aromatic rings. The molecule has 1 saturated heterocycles. The van der Waals surface area contributed by atoms with Crippen molar-refractivity contribution >= 4 is 27.5 Å². The van der Waals surface area contributed by atoms with Gasteiger partial charge in [-0.25, -0.2) is 8.42 Å². The van der Waals surface area contributed by atoms with Gasteiger partial charge in [0, 0.05) is 12.6 Å². The van der Waals surface area contributed by atoms with Gasteiger partial charge in [0.2, 0.25) is 15.9 Å². The predicted octanol–water partition coefficient (Wildman–Crippen LogP) is 1.49. The molecule has 1 amide bonds. The van der Waals surface area contributed by atoms with Crippen molar-refractivity contribution in [2.75, 3.05) is 6.54 Å². The van der Waals surface area contributed by atoms with Crippen LogP contribution in [-0.2, 0) is 14.8 Å². The molecule has 2 unspecified atom stereocenters. The van der Waals surface area contributed by atoms with Crippen LogP contribution in [0.3, 0.4) is 0 Å². The number of piperidine rings is 1. The number of amides is 1. The average molecular weight is 342 g/mol. The van der Waals surface area contributed by atoms with Gasteiger partial charge in [0.05, 0.1) is 21.4 Å². The third-order valence-corrected chi connectivity index (χ3v) is 6.18. The molecule has 1 aliphatic rings. The molecule has 0 bridgehead atoms. The van der Waals surface area contributed by atoms with Crippen LogP contribution in [0.15, 0.2) is 23.1 Å². The van der Waals surface area contributed by atoms with E-state index in [1.54, 1.807) is 6.92 Å². The summed E-state index contributed by atoms with van der Waals surface area (Å²) < 4.78 is 26.8. The van der Waals surface area contributed by atoms with E-state index in [-0.39, 0.29) is 28.1 Å². The van der Waals surface area contributed by atoms with E-state index in [0.29, 0.717) is 12.8 Å².